The summed E-state index contributed by atoms with van der Waals surface area (Å²) in [6, 6.07) is 11.3. The van der Waals surface area contributed by atoms with Crippen molar-refractivity contribution in [3.63, 3.8) is 0 Å². The maximum atomic E-state index is 12.0. The zero-order chi connectivity index (χ0) is 16.8. The van der Waals surface area contributed by atoms with Crippen LogP contribution in [0.4, 0.5) is 0 Å². The summed E-state index contributed by atoms with van der Waals surface area (Å²) < 4.78 is 10.4. The van der Waals surface area contributed by atoms with Crippen molar-refractivity contribution in [2.75, 3.05) is 14.2 Å². The second-order valence-corrected chi connectivity index (χ2v) is 4.75. The number of aromatic hydroxyl groups is 1. The number of carbonyl (C=O) groups is 1. The molecule has 0 aliphatic rings. The Bertz CT molecular complexity index is 724. The lowest BCUT2D eigenvalue weighted by Crippen LogP contribution is -2.19. The third kappa shape index (κ3) is 4.00. The number of ether oxygens (including phenoxy) is 2. The van der Waals surface area contributed by atoms with Crippen molar-refractivity contribution < 1.29 is 19.4 Å². The minimum atomic E-state index is -0.357. The summed E-state index contributed by atoms with van der Waals surface area (Å²) in [5, 5.41) is 13.3. The van der Waals surface area contributed by atoms with Crippen LogP contribution in [0.5, 0.6) is 17.2 Å². The predicted molar refractivity (Wildman–Crippen MR) is 87.3 cm³/mol. The first-order chi connectivity index (χ1) is 11.0. The van der Waals surface area contributed by atoms with Gasteiger partial charge in [-0.3, -0.25) is 4.79 Å². The Morgan fingerprint density at radius 2 is 1.61 bits per heavy atom. The van der Waals surface area contributed by atoms with Crippen molar-refractivity contribution in [1.82, 2.24) is 5.43 Å². The smallest absolute Gasteiger partial charge is 0.271 e. The molecule has 0 atom stereocenters. The number of phenols is 1. The van der Waals surface area contributed by atoms with Gasteiger partial charge in [-0.05, 0) is 49.4 Å². The van der Waals surface area contributed by atoms with Crippen LogP contribution >= 0.6 is 0 Å². The molecule has 0 radical (unpaired) electrons. The van der Waals surface area contributed by atoms with Crippen molar-refractivity contribution in [1.29, 1.82) is 0 Å². The average Bonchev–Trinajstić information content (AvgIpc) is 2.59. The molecule has 120 valence electrons. The van der Waals surface area contributed by atoms with Crippen LogP contribution in [-0.4, -0.2) is 30.9 Å². The van der Waals surface area contributed by atoms with Crippen LogP contribution in [0.25, 0.3) is 0 Å². The van der Waals surface area contributed by atoms with Gasteiger partial charge in [-0.15, -0.1) is 0 Å². The lowest BCUT2D eigenvalue weighted by molar-refractivity contribution is 0.0955. The van der Waals surface area contributed by atoms with Gasteiger partial charge in [0.2, 0.25) is 0 Å². The third-order valence-electron chi connectivity index (χ3n) is 3.26. The largest absolute Gasteiger partial charge is 0.508 e. The van der Waals surface area contributed by atoms with Gasteiger partial charge in [-0.1, -0.05) is 0 Å². The number of nitrogens with one attached hydrogen (secondary N) is 1. The van der Waals surface area contributed by atoms with E-state index in [1.54, 1.807) is 33.3 Å². The Labute approximate surface area is 134 Å². The van der Waals surface area contributed by atoms with E-state index in [0.29, 0.717) is 22.8 Å². The lowest BCUT2D eigenvalue weighted by atomic mass is 10.1. The van der Waals surface area contributed by atoms with Gasteiger partial charge < -0.3 is 14.6 Å². The van der Waals surface area contributed by atoms with E-state index in [9.17, 15) is 9.90 Å². The molecule has 0 spiro atoms. The number of hydrogen-bond acceptors (Lipinski definition) is 5. The summed E-state index contributed by atoms with van der Waals surface area (Å²) in [5.74, 6) is 0.956. The minimum absolute atomic E-state index is 0.103. The second kappa shape index (κ2) is 7.31. The Morgan fingerprint density at radius 1 is 1.00 bits per heavy atom. The standard InChI is InChI=1S/C17H18N2O4/c1-11(13-6-9-15(22-2)16(10-13)23-3)18-19-17(21)12-4-7-14(20)8-5-12/h4-10,20H,1-3H3,(H,19,21). The van der Waals surface area contributed by atoms with Crippen LogP contribution < -0.4 is 14.9 Å². The van der Waals surface area contributed by atoms with E-state index in [2.05, 4.69) is 10.5 Å². The summed E-state index contributed by atoms with van der Waals surface area (Å²) in [4.78, 5) is 12.0. The van der Waals surface area contributed by atoms with E-state index in [0.717, 1.165) is 5.56 Å². The van der Waals surface area contributed by atoms with Gasteiger partial charge >= 0.3 is 0 Å². The van der Waals surface area contributed by atoms with E-state index in [1.807, 2.05) is 6.07 Å². The van der Waals surface area contributed by atoms with Crippen LogP contribution in [0, 0.1) is 0 Å². The number of methoxy groups -OCH3 is 2. The zero-order valence-corrected chi connectivity index (χ0v) is 13.2. The normalized spacial score (nSPS) is 11.0. The van der Waals surface area contributed by atoms with Crippen molar-refractivity contribution in [3.8, 4) is 17.2 Å². The van der Waals surface area contributed by atoms with Crippen LogP contribution in [0.3, 0.4) is 0 Å². The number of hydrazone groups is 1. The monoisotopic (exact) mass is 314 g/mol. The Kier molecular flexibility index (Phi) is 5.19. The highest BCUT2D eigenvalue weighted by Crippen LogP contribution is 2.27. The quantitative estimate of drug-likeness (QED) is 0.656. The van der Waals surface area contributed by atoms with Gasteiger partial charge in [0, 0.05) is 11.1 Å². The molecule has 0 unspecified atom stereocenters. The fourth-order valence-corrected chi connectivity index (χ4v) is 1.94. The SMILES string of the molecule is COc1ccc(C(C)=NNC(=O)c2ccc(O)cc2)cc1OC. The molecule has 0 saturated heterocycles. The highest BCUT2D eigenvalue weighted by Gasteiger charge is 2.08. The number of amides is 1. The molecule has 2 aromatic rings. The number of phenolic OH excluding ortho intramolecular Hbond substituents is 1. The third-order valence-corrected chi connectivity index (χ3v) is 3.26. The van der Waals surface area contributed by atoms with Gasteiger partial charge in [0.1, 0.15) is 5.75 Å². The van der Waals surface area contributed by atoms with Crippen LogP contribution in [0.2, 0.25) is 0 Å². The Balaban J connectivity index is 2.13. The highest BCUT2D eigenvalue weighted by molar-refractivity contribution is 6.01. The summed E-state index contributed by atoms with van der Waals surface area (Å²) in [6.45, 7) is 1.78. The molecule has 6 heteroatoms. The first kappa shape index (κ1) is 16.4. The number of benzene rings is 2. The van der Waals surface area contributed by atoms with Gasteiger partial charge in [0.25, 0.3) is 5.91 Å². The van der Waals surface area contributed by atoms with E-state index < -0.39 is 0 Å². The van der Waals surface area contributed by atoms with Gasteiger partial charge in [0.05, 0.1) is 19.9 Å². The second-order valence-electron chi connectivity index (χ2n) is 4.75. The molecule has 23 heavy (non-hydrogen) atoms. The van der Waals surface area contributed by atoms with Gasteiger partial charge in [0.15, 0.2) is 11.5 Å². The molecule has 2 rings (SSSR count). The van der Waals surface area contributed by atoms with Crippen LogP contribution in [0.15, 0.2) is 47.6 Å². The minimum Gasteiger partial charge on any atom is -0.508 e. The average molecular weight is 314 g/mol. The fourth-order valence-electron chi connectivity index (χ4n) is 1.94. The maximum absolute atomic E-state index is 12.0. The van der Waals surface area contributed by atoms with Crippen molar-refractivity contribution in [2.24, 2.45) is 5.10 Å². The molecule has 0 fully saturated rings. The van der Waals surface area contributed by atoms with E-state index in [1.165, 1.54) is 24.3 Å². The Hall–Kier alpha value is -3.02. The molecule has 1 amide bonds. The number of carbonyl (C=O) groups excluding carboxylic acids is 1. The van der Waals surface area contributed by atoms with E-state index in [4.69, 9.17) is 9.47 Å². The molecule has 0 aliphatic heterocycles. The van der Waals surface area contributed by atoms with Crippen molar-refractivity contribution in [3.05, 3.63) is 53.6 Å². The molecule has 2 N–H and O–H groups in total. The molecule has 6 nitrogen and oxygen atoms in total. The summed E-state index contributed by atoms with van der Waals surface area (Å²) >= 11 is 0. The summed E-state index contributed by atoms with van der Waals surface area (Å²) in [5.41, 5.74) is 4.31. The van der Waals surface area contributed by atoms with Gasteiger partial charge in [-0.2, -0.15) is 5.10 Å². The topological polar surface area (TPSA) is 80.2 Å². The highest BCUT2D eigenvalue weighted by atomic mass is 16.5. The molecule has 2 aromatic carbocycles. The molecular weight excluding hydrogens is 296 g/mol. The number of nitrogens with zero attached hydrogens (tertiary/aromatic N) is 1. The fraction of sp³-hybridized carbons (Fsp3) is 0.176. The first-order valence-electron chi connectivity index (χ1n) is 6.91. The predicted octanol–water partition coefficient (Wildman–Crippen LogP) is 2.56. The number of hydrogen-bond donors (Lipinski definition) is 2. The van der Waals surface area contributed by atoms with E-state index in [-0.39, 0.29) is 11.7 Å². The Morgan fingerprint density at radius 3 is 2.22 bits per heavy atom. The van der Waals surface area contributed by atoms with Crippen LogP contribution in [-0.2, 0) is 0 Å². The molecule has 0 saturated carbocycles. The van der Waals surface area contributed by atoms with Gasteiger partial charge in [-0.25, -0.2) is 5.43 Å². The van der Waals surface area contributed by atoms with Crippen LogP contribution in [0.1, 0.15) is 22.8 Å². The van der Waals surface area contributed by atoms with E-state index >= 15 is 0 Å². The lowest BCUT2D eigenvalue weighted by Gasteiger charge is -2.09. The number of rotatable bonds is 5. The van der Waals surface area contributed by atoms with Crippen molar-refractivity contribution in [2.45, 2.75) is 6.92 Å². The summed E-state index contributed by atoms with van der Waals surface area (Å²) in [7, 11) is 3.12. The maximum Gasteiger partial charge on any atom is 0.271 e. The van der Waals surface area contributed by atoms with Crippen molar-refractivity contribution >= 4 is 11.6 Å². The molecule has 0 aromatic heterocycles. The molecule has 0 aliphatic carbocycles. The first-order valence-corrected chi connectivity index (χ1v) is 6.91. The molecule has 0 bridgehead atoms. The molecular formula is C17H18N2O4. The molecule has 0 heterocycles. The summed E-state index contributed by atoms with van der Waals surface area (Å²) in [6.07, 6.45) is 0. The zero-order valence-electron chi connectivity index (χ0n) is 13.2.